The summed E-state index contributed by atoms with van der Waals surface area (Å²) in [6, 6.07) is 8.77. The van der Waals surface area contributed by atoms with E-state index in [2.05, 4.69) is 19.9 Å². The second-order valence-corrected chi connectivity index (χ2v) is 8.98. The molecule has 182 valence electrons. The number of nitrogen functional groups attached to an aromatic ring is 1. The average Bonchev–Trinajstić information content (AvgIpc) is 2.83. The average molecular weight is 477 g/mol. The van der Waals surface area contributed by atoms with Gasteiger partial charge in [-0.15, -0.1) is 0 Å². The summed E-state index contributed by atoms with van der Waals surface area (Å²) in [5.74, 6) is -0.412. The van der Waals surface area contributed by atoms with E-state index < -0.39 is 5.82 Å². The van der Waals surface area contributed by atoms with E-state index in [4.69, 9.17) is 10.5 Å². The van der Waals surface area contributed by atoms with E-state index in [1.54, 1.807) is 23.1 Å². The SMILES string of the molecule is CCc1ncnc(-c2ccc(C(=O)N3CCN(C4COC4)CC3)c(F)c2)c1-c1ccc(N)nc1C. The minimum Gasteiger partial charge on any atom is -0.384 e. The molecular formula is C26H29FN6O2. The summed E-state index contributed by atoms with van der Waals surface area (Å²) < 4.78 is 20.6. The maximum atomic E-state index is 15.3. The van der Waals surface area contributed by atoms with E-state index in [1.165, 1.54) is 12.4 Å². The number of hydrogen-bond acceptors (Lipinski definition) is 7. The van der Waals surface area contributed by atoms with Crippen LogP contribution in [0.15, 0.2) is 36.7 Å². The van der Waals surface area contributed by atoms with Crippen LogP contribution in [0.25, 0.3) is 22.4 Å². The molecule has 0 spiro atoms. The molecule has 0 saturated carbocycles. The third kappa shape index (κ3) is 4.49. The molecule has 0 bridgehead atoms. The Morgan fingerprint density at radius 3 is 2.54 bits per heavy atom. The number of rotatable bonds is 5. The quantitative estimate of drug-likeness (QED) is 0.605. The molecule has 2 aliphatic rings. The molecule has 3 aromatic rings. The topological polar surface area (TPSA) is 97.5 Å². The van der Waals surface area contributed by atoms with Crippen LogP contribution < -0.4 is 5.73 Å². The molecule has 5 rings (SSSR count). The molecule has 1 aromatic carbocycles. The number of benzene rings is 1. The number of piperazine rings is 1. The van der Waals surface area contributed by atoms with Crippen molar-refractivity contribution in [2.24, 2.45) is 0 Å². The van der Waals surface area contributed by atoms with Gasteiger partial charge in [-0.05, 0) is 37.6 Å². The van der Waals surface area contributed by atoms with Gasteiger partial charge in [0.25, 0.3) is 5.91 Å². The van der Waals surface area contributed by atoms with Crippen molar-refractivity contribution < 1.29 is 13.9 Å². The third-order valence-electron chi connectivity index (χ3n) is 6.85. The van der Waals surface area contributed by atoms with Crippen molar-refractivity contribution in [2.45, 2.75) is 26.3 Å². The van der Waals surface area contributed by atoms with Gasteiger partial charge in [-0.1, -0.05) is 13.0 Å². The van der Waals surface area contributed by atoms with Crippen LogP contribution in [0.3, 0.4) is 0 Å². The van der Waals surface area contributed by atoms with Crippen molar-refractivity contribution in [3.8, 4) is 22.4 Å². The van der Waals surface area contributed by atoms with Crippen molar-refractivity contribution in [1.29, 1.82) is 0 Å². The van der Waals surface area contributed by atoms with Gasteiger partial charge in [0, 0.05) is 48.6 Å². The van der Waals surface area contributed by atoms with Crippen molar-refractivity contribution in [3.05, 3.63) is 59.4 Å². The Morgan fingerprint density at radius 2 is 1.91 bits per heavy atom. The summed E-state index contributed by atoms with van der Waals surface area (Å²) in [6.07, 6.45) is 2.16. The minimum atomic E-state index is -0.558. The van der Waals surface area contributed by atoms with Gasteiger partial charge in [0.2, 0.25) is 0 Å². The van der Waals surface area contributed by atoms with Crippen LogP contribution in [-0.4, -0.2) is 76.1 Å². The number of nitrogens with two attached hydrogens (primary N) is 1. The zero-order valence-corrected chi connectivity index (χ0v) is 20.0. The van der Waals surface area contributed by atoms with E-state index in [0.29, 0.717) is 42.6 Å². The third-order valence-corrected chi connectivity index (χ3v) is 6.85. The van der Waals surface area contributed by atoms with Crippen LogP contribution in [0.2, 0.25) is 0 Å². The lowest BCUT2D eigenvalue weighted by atomic mass is 9.95. The number of aromatic nitrogens is 3. The van der Waals surface area contributed by atoms with Crippen molar-refractivity contribution in [3.63, 3.8) is 0 Å². The van der Waals surface area contributed by atoms with Gasteiger partial charge in [-0.3, -0.25) is 9.69 Å². The first kappa shape index (κ1) is 23.3. The lowest BCUT2D eigenvalue weighted by molar-refractivity contribution is -0.0746. The highest BCUT2D eigenvalue weighted by Crippen LogP contribution is 2.35. The van der Waals surface area contributed by atoms with Crippen LogP contribution in [0.1, 0.15) is 28.7 Å². The molecule has 2 aromatic heterocycles. The number of anilines is 1. The fourth-order valence-corrected chi connectivity index (χ4v) is 4.77. The molecule has 9 heteroatoms. The van der Waals surface area contributed by atoms with Crippen LogP contribution in [0, 0.1) is 12.7 Å². The van der Waals surface area contributed by atoms with E-state index in [0.717, 1.165) is 48.8 Å². The highest BCUT2D eigenvalue weighted by Gasteiger charge is 2.31. The number of aryl methyl sites for hydroxylation is 2. The Balaban J connectivity index is 1.43. The normalized spacial score (nSPS) is 16.8. The molecule has 1 amide bonds. The Hall–Kier alpha value is -3.43. The zero-order chi connectivity index (χ0) is 24.5. The highest BCUT2D eigenvalue weighted by atomic mass is 19.1. The van der Waals surface area contributed by atoms with Gasteiger partial charge < -0.3 is 15.4 Å². The van der Waals surface area contributed by atoms with E-state index >= 15 is 4.39 Å². The minimum absolute atomic E-state index is 0.0748. The molecule has 35 heavy (non-hydrogen) atoms. The maximum absolute atomic E-state index is 15.3. The molecule has 2 N–H and O–H groups in total. The van der Waals surface area contributed by atoms with Gasteiger partial charge in [0.15, 0.2) is 0 Å². The fraction of sp³-hybridized carbons (Fsp3) is 0.385. The number of hydrogen-bond donors (Lipinski definition) is 1. The van der Waals surface area contributed by atoms with E-state index in [9.17, 15) is 4.79 Å². The van der Waals surface area contributed by atoms with Crippen molar-refractivity contribution in [1.82, 2.24) is 24.8 Å². The van der Waals surface area contributed by atoms with Gasteiger partial charge in [0.05, 0.1) is 36.2 Å². The van der Waals surface area contributed by atoms with Gasteiger partial charge in [0.1, 0.15) is 18.0 Å². The molecule has 8 nitrogen and oxygen atoms in total. The summed E-state index contributed by atoms with van der Waals surface area (Å²) in [5.41, 5.74) is 10.3. The predicted octanol–water partition coefficient (Wildman–Crippen LogP) is 2.95. The molecule has 0 radical (unpaired) electrons. The molecule has 2 fully saturated rings. The molecule has 0 unspecified atom stereocenters. The number of amides is 1. The Labute approximate surface area is 204 Å². The number of carbonyl (C=O) groups excluding carboxylic acids is 1. The van der Waals surface area contributed by atoms with E-state index in [-0.39, 0.29) is 11.5 Å². The van der Waals surface area contributed by atoms with Crippen molar-refractivity contribution in [2.75, 3.05) is 45.1 Å². The van der Waals surface area contributed by atoms with Crippen LogP contribution in [-0.2, 0) is 11.2 Å². The first-order chi connectivity index (χ1) is 17.0. The second-order valence-electron chi connectivity index (χ2n) is 8.98. The van der Waals surface area contributed by atoms with Gasteiger partial charge in [-0.25, -0.2) is 19.3 Å². The van der Waals surface area contributed by atoms with Gasteiger partial charge in [-0.2, -0.15) is 0 Å². The number of ether oxygens (including phenoxy) is 1. The second kappa shape index (κ2) is 9.67. The summed E-state index contributed by atoms with van der Waals surface area (Å²) in [5, 5.41) is 0. The Morgan fingerprint density at radius 1 is 1.14 bits per heavy atom. The number of halogens is 1. The smallest absolute Gasteiger partial charge is 0.256 e. The first-order valence-electron chi connectivity index (χ1n) is 11.9. The largest absolute Gasteiger partial charge is 0.384 e. The Kier molecular flexibility index (Phi) is 6.44. The number of pyridine rings is 1. The maximum Gasteiger partial charge on any atom is 0.256 e. The van der Waals surface area contributed by atoms with Crippen molar-refractivity contribution >= 4 is 11.7 Å². The predicted molar refractivity (Wildman–Crippen MR) is 131 cm³/mol. The summed E-state index contributed by atoms with van der Waals surface area (Å²) >= 11 is 0. The lowest BCUT2D eigenvalue weighted by Gasteiger charge is -2.42. The van der Waals surface area contributed by atoms with Crippen LogP contribution >= 0.6 is 0 Å². The fourth-order valence-electron chi connectivity index (χ4n) is 4.77. The Bertz CT molecular complexity index is 1250. The van der Waals surface area contributed by atoms with E-state index in [1.807, 2.05) is 19.9 Å². The molecule has 0 aliphatic carbocycles. The lowest BCUT2D eigenvalue weighted by Crippen LogP contribution is -2.57. The highest BCUT2D eigenvalue weighted by molar-refractivity contribution is 5.95. The molecule has 2 aliphatic heterocycles. The van der Waals surface area contributed by atoms with Crippen LogP contribution in [0.5, 0.6) is 0 Å². The summed E-state index contributed by atoms with van der Waals surface area (Å²) in [7, 11) is 0. The number of carbonyl (C=O) groups is 1. The monoisotopic (exact) mass is 476 g/mol. The standard InChI is InChI=1S/C26H29FN6O2/c1-3-22-24(19-6-7-23(28)31-16(19)2)25(30-15-29-22)17-4-5-20(21(27)12-17)26(34)33-10-8-32(9-11-33)18-13-35-14-18/h4-7,12,15,18H,3,8-11,13-14H2,1-2H3,(H2,28,31). The van der Waals surface area contributed by atoms with Gasteiger partial charge >= 0.3 is 0 Å². The number of nitrogens with zero attached hydrogens (tertiary/aromatic N) is 5. The summed E-state index contributed by atoms with van der Waals surface area (Å²) in [6.45, 7) is 8.10. The molecule has 2 saturated heterocycles. The molecule has 0 atom stereocenters. The zero-order valence-electron chi connectivity index (χ0n) is 20.0. The molecular weight excluding hydrogens is 447 g/mol. The molecule has 4 heterocycles. The first-order valence-corrected chi connectivity index (χ1v) is 11.9. The van der Waals surface area contributed by atoms with Crippen LogP contribution in [0.4, 0.5) is 10.2 Å². The summed E-state index contributed by atoms with van der Waals surface area (Å²) in [4.78, 5) is 30.5.